The number of rotatable bonds is 2. The smallest absolute Gasteiger partial charge is 0.145 e. The molecule has 1 fully saturated rings. The Hall–Kier alpha value is -0.800. The first kappa shape index (κ1) is 12.7. The van der Waals surface area contributed by atoms with Crippen molar-refractivity contribution in [1.82, 2.24) is 0 Å². The molecule has 1 saturated carbocycles. The summed E-state index contributed by atoms with van der Waals surface area (Å²) in [4.78, 5) is 0. The number of hydrogen-bond acceptors (Lipinski definition) is 2. The van der Waals surface area contributed by atoms with Crippen molar-refractivity contribution < 1.29 is 9.13 Å². The molecular formula is C13H17ClFNO. The standard InChI is InChI=1S/C13H17ClFNO/c1-17-12-9(5-6-10(15)11(12)14)13(16)7-3-2-4-8-13/h5-6H,2-4,7-8,16H2,1H3. The molecule has 2 N–H and O–H groups in total. The first-order valence-corrected chi connectivity index (χ1v) is 6.27. The molecule has 2 nitrogen and oxygen atoms in total. The zero-order valence-electron chi connectivity index (χ0n) is 9.93. The Morgan fingerprint density at radius 3 is 2.53 bits per heavy atom. The highest BCUT2D eigenvalue weighted by atomic mass is 35.5. The number of hydrogen-bond donors (Lipinski definition) is 1. The molecule has 0 aliphatic heterocycles. The van der Waals surface area contributed by atoms with Crippen molar-refractivity contribution in [2.45, 2.75) is 37.6 Å². The van der Waals surface area contributed by atoms with E-state index < -0.39 is 11.4 Å². The number of ether oxygens (including phenoxy) is 1. The van der Waals surface area contributed by atoms with Crippen LogP contribution in [0.3, 0.4) is 0 Å². The number of benzene rings is 1. The summed E-state index contributed by atoms with van der Waals surface area (Å²) < 4.78 is 18.6. The molecule has 0 amide bonds. The van der Waals surface area contributed by atoms with E-state index >= 15 is 0 Å². The van der Waals surface area contributed by atoms with Gasteiger partial charge in [0.15, 0.2) is 0 Å². The fourth-order valence-electron chi connectivity index (χ4n) is 2.58. The molecule has 94 valence electrons. The molecule has 0 spiro atoms. The highest BCUT2D eigenvalue weighted by Gasteiger charge is 2.33. The number of methoxy groups -OCH3 is 1. The summed E-state index contributed by atoms with van der Waals surface area (Å²) >= 11 is 5.92. The summed E-state index contributed by atoms with van der Waals surface area (Å²) in [6.07, 6.45) is 5.18. The minimum absolute atomic E-state index is 0.0281. The van der Waals surface area contributed by atoms with Crippen LogP contribution in [0.25, 0.3) is 0 Å². The van der Waals surface area contributed by atoms with Crippen LogP contribution in [0.1, 0.15) is 37.7 Å². The first-order chi connectivity index (χ1) is 8.08. The monoisotopic (exact) mass is 257 g/mol. The summed E-state index contributed by atoms with van der Waals surface area (Å²) in [6, 6.07) is 3.06. The summed E-state index contributed by atoms with van der Waals surface area (Å²) in [6.45, 7) is 0. The van der Waals surface area contributed by atoms with E-state index in [9.17, 15) is 4.39 Å². The summed E-state index contributed by atoms with van der Waals surface area (Å²) in [5.41, 5.74) is 6.81. The second-order valence-electron chi connectivity index (χ2n) is 4.66. The molecule has 2 rings (SSSR count). The molecule has 1 aliphatic carbocycles. The number of halogens is 2. The summed E-state index contributed by atoms with van der Waals surface area (Å²) in [5, 5.41) is 0.0281. The lowest BCUT2D eigenvalue weighted by atomic mass is 9.77. The average Bonchev–Trinajstić information content (AvgIpc) is 2.33. The maximum atomic E-state index is 13.4. The lowest BCUT2D eigenvalue weighted by Gasteiger charge is -2.35. The Morgan fingerprint density at radius 2 is 1.94 bits per heavy atom. The van der Waals surface area contributed by atoms with Crippen LogP contribution in [0, 0.1) is 5.82 Å². The number of nitrogens with two attached hydrogens (primary N) is 1. The lowest BCUT2D eigenvalue weighted by molar-refractivity contribution is 0.288. The van der Waals surface area contributed by atoms with Gasteiger partial charge in [0, 0.05) is 11.1 Å². The Labute approximate surface area is 106 Å². The molecule has 1 aromatic carbocycles. The molecule has 0 saturated heterocycles. The molecule has 0 atom stereocenters. The normalized spacial score (nSPS) is 19.1. The predicted molar refractivity (Wildman–Crippen MR) is 66.9 cm³/mol. The van der Waals surface area contributed by atoms with Crippen LogP contribution in [0.2, 0.25) is 5.02 Å². The zero-order chi connectivity index (χ0) is 12.5. The van der Waals surface area contributed by atoms with Gasteiger partial charge in [-0.2, -0.15) is 0 Å². The van der Waals surface area contributed by atoms with Gasteiger partial charge in [-0.3, -0.25) is 0 Å². The molecule has 1 aliphatic rings. The molecule has 4 heteroatoms. The molecule has 17 heavy (non-hydrogen) atoms. The van der Waals surface area contributed by atoms with Gasteiger partial charge in [-0.05, 0) is 18.9 Å². The fourth-order valence-corrected chi connectivity index (χ4v) is 2.82. The van der Waals surface area contributed by atoms with Crippen molar-refractivity contribution in [3.05, 3.63) is 28.5 Å². The van der Waals surface area contributed by atoms with Crippen LogP contribution in [-0.4, -0.2) is 7.11 Å². The van der Waals surface area contributed by atoms with Gasteiger partial charge in [-0.15, -0.1) is 0 Å². The molecule has 0 heterocycles. The molecule has 1 aromatic rings. The fraction of sp³-hybridized carbons (Fsp3) is 0.538. The van der Waals surface area contributed by atoms with E-state index in [4.69, 9.17) is 22.1 Å². The van der Waals surface area contributed by atoms with Crippen molar-refractivity contribution >= 4 is 11.6 Å². The predicted octanol–water partition coefficient (Wildman–Crippen LogP) is 3.61. The van der Waals surface area contributed by atoms with E-state index in [1.165, 1.54) is 19.6 Å². The van der Waals surface area contributed by atoms with E-state index in [0.717, 1.165) is 31.2 Å². The van der Waals surface area contributed by atoms with Crippen LogP contribution in [0.4, 0.5) is 4.39 Å². The summed E-state index contributed by atoms with van der Waals surface area (Å²) in [7, 11) is 1.50. The highest BCUT2D eigenvalue weighted by Crippen LogP contribution is 2.42. The van der Waals surface area contributed by atoms with Crippen LogP contribution in [0.15, 0.2) is 12.1 Å². The quantitative estimate of drug-likeness (QED) is 0.879. The third kappa shape index (κ3) is 2.26. The van der Waals surface area contributed by atoms with Gasteiger partial charge in [0.25, 0.3) is 0 Å². The summed E-state index contributed by atoms with van der Waals surface area (Å²) in [5.74, 6) is -0.0808. The Bertz CT molecular complexity index is 416. The van der Waals surface area contributed by atoms with Crippen LogP contribution >= 0.6 is 11.6 Å². The molecule has 0 radical (unpaired) electrons. The maximum Gasteiger partial charge on any atom is 0.145 e. The minimum Gasteiger partial charge on any atom is -0.495 e. The lowest BCUT2D eigenvalue weighted by Crippen LogP contribution is -2.39. The Kier molecular flexibility index (Phi) is 3.59. The maximum absolute atomic E-state index is 13.4. The third-order valence-corrected chi connectivity index (χ3v) is 3.89. The van der Waals surface area contributed by atoms with E-state index in [0.29, 0.717) is 5.75 Å². The first-order valence-electron chi connectivity index (χ1n) is 5.90. The van der Waals surface area contributed by atoms with Crippen LogP contribution in [0.5, 0.6) is 5.75 Å². The van der Waals surface area contributed by atoms with Gasteiger partial charge in [-0.25, -0.2) is 4.39 Å². The van der Waals surface area contributed by atoms with Crippen molar-refractivity contribution in [2.24, 2.45) is 5.73 Å². The Balaban J connectivity index is 2.47. The van der Waals surface area contributed by atoms with Gasteiger partial charge >= 0.3 is 0 Å². The van der Waals surface area contributed by atoms with Crippen LogP contribution < -0.4 is 10.5 Å². The van der Waals surface area contributed by atoms with E-state index in [1.807, 2.05) is 0 Å². The van der Waals surface area contributed by atoms with Crippen LogP contribution in [-0.2, 0) is 5.54 Å². The second-order valence-corrected chi connectivity index (χ2v) is 5.04. The Morgan fingerprint density at radius 1 is 1.29 bits per heavy atom. The van der Waals surface area contributed by atoms with Crippen molar-refractivity contribution in [3.8, 4) is 5.75 Å². The van der Waals surface area contributed by atoms with E-state index in [2.05, 4.69) is 0 Å². The van der Waals surface area contributed by atoms with E-state index in [-0.39, 0.29) is 5.02 Å². The molecular weight excluding hydrogens is 241 g/mol. The van der Waals surface area contributed by atoms with Gasteiger partial charge in [0.05, 0.1) is 7.11 Å². The van der Waals surface area contributed by atoms with Gasteiger partial charge < -0.3 is 10.5 Å². The average molecular weight is 258 g/mol. The van der Waals surface area contributed by atoms with Crippen molar-refractivity contribution in [1.29, 1.82) is 0 Å². The molecule has 0 unspecified atom stereocenters. The highest BCUT2D eigenvalue weighted by molar-refractivity contribution is 6.32. The van der Waals surface area contributed by atoms with Crippen molar-refractivity contribution in [2.75, 3.05) is 7.11 Å². The molecule has 0 aromatic heterocycles. The van der Waals surface area contributed by atoms with Gasteiger partial charge in [0.2, 0.25) is 0 Å². The zero-order valence-corrected chi connectivity index (χ0v) is 10.7. The third-order valence-electron chi connectivity index (χ3n) is 3.54. The van der Waals surface area contributed by atoms with E-state index in [1.54, 1.807) is 6.07 Å². The minimum atomic E-state index is -0.466. The molecule has 0 bridgehead atoms. The van der Waals surface area contributed by atoms with Gasteiger partial charge in [0.1, 0.15) is 16.6 Å². The second kappa shape index (κ2) is 4.83. The topological polar surface area (TPSA) is 35.2 Å². The van der Waals surface area contributed by atoms with Gasteiger partial charge in [-0.1, -0.05) is 36.9 Å². The largest absolute Gasteiger partial charge is 0.495 e. The SMILES string of the molecule is COc1c(C2(N)CCCCC2)ccc(F)c1Cl. The van der Waals surface area contributed by atoms with Crippen molar-refractivity contribution in [3.63, 3.8) is 0 Å².